The molecule has 1 aromatic carbocycles. The number of halogens is 1. The topological polar surface area (TPSA) is 0 Å². The van der Waals surface area contributed by atoms with Crippen LogP contribution in [-0.2, 0) is 6.42 Å². The molecule has 0 bridgehead atoms. The second kappa shape index (κ2) is 3.21. The van der Waals surface area contributed by atoms with E-state index >= 15 is 0 Å². The smallest absolute Gasteiger partial charge is 0.0178 e. The fourth-order valence-electron chi connectivity index (χ4n) is 2.01. The fraction of sp³-hybridized carbons (Fsp3) is 0.455. The van der Waals surface area contributed by atoms with Crippen molar-refractivity contribution < 1.29 is 0 Å². The van der Waals surface area contributed by atoms with Gasteiger partial charge in [-0.2, -0.15) is 0 Å². The molecule has 0 N–H and O–H groups in total. The minimum Gasteiger partial charge on any atom is -0.0584 e. The molecule has 0 heterocycles. The molecule has 1 atom stereocenters. The molecule has 0 aliphatic heterocycles. The van der Waals surface area contributed by atoms with Gasteiger partial charge in [0.25, 0.3) is 0 Å². The second-order valence-corrected chi connectivity index (χ2v) is 4.55. The summed E-state index contributed by atoms with van der Waals surface area (Å²) in [4.78, 5) is 0. The third-order valence-corrected chi connectivity index (χ3v) is 3.22. The molecule has 0 amide bonds. The maximum atomic E-state index is 3.52. The molecular formula is C11H13Br. The largest absolute Gasteiger partial charge is 0.0584 e. The molecule has 0 radical (unpaired) electrons. The van der Waals surface area contributed by atoms with Gasteiger partial charge in [0.2, 0.25) is 0 Å². The molecule has 0 saturated heterocycles. The van der Waals surface area contributed by atoms with Crippen LogP contribution in [0, 0.1) is 0 Å². The van der Waals surface area contributed by atoms with Crippen molar-refractivity contribution in [2.24, 2.45) is 0 Å². The Morgan fingerprint density at radius 2 is 2.25 bits per heavy atom. The van der Waals surface area contributed by atoms with Crippen molar-refractivity contribution in [1.82, 2.24) is 0 Å². The molecular weight excluding hydrogens is 212 g/mol. The van der Waals surface area contributed by atoms with Gasteiger partial charge < -0.3 is 0 Å². The SMILES string of the molecule is C[C@@H]1CCCc2ccc(Br)cc21. The lowest BCUT2D eigenvalue weighted by atomic mass is 9.84. The summed E-state index contributed by atoms with van der Waals surface area (Å²) in [6, 6.07) is 6.69. The van der Waals surface area contributed by atoms with Gasteiger partial charge in [0.1, 0.15) is 0 Å². The van der Waals surface area contributed by atoms with Crippen LogP contribution in [0.2, 0.25) is 0 Å². The van der Waals surface area contributed by atoms with Crippen molar-refractivity contribution in [2.75, 3.05) is 0 Å². The highest BCUT2D eigenvalue weighted by Crippen LogP contribution is 2.32. The van der Waals surface area contributed by atoms with Crippen LogP contribution in [0.4, 0.5) is 0 Å². The van der Waals surface area contributed by atoms with Crippen molar-refractivity contribution in [3.63, 3.8) is 0 Å². The van der Waals surface area contributed by atoms with Crippen LogP contribution in [0.1, 0.15) is 36.8 Å². The van der Waals surface area contributed by atoms with E-state index < -0.39 is 0 Å². The van der Waals surface area contributed by atoms with Crippen LogP contribution < -0.4 is 0 Å². The van der Waals surface area contributed by atoms with Gasteiger partial charge in [0.05, 0.1) is 0 Å². The average molecular weight is 225 g/mol. The molecule has 1 aliphatic carbocycles. The highest BCUT2D eigenvalue weighted by Gasteiger charge is 2.15. The fourth-order valence-corrected chi connectivity index (χ4v) is 2.39. The van der Waals surface area contributed by atoms with Crippen molar-refractivity contribution in [3.05, 3.63) is 33.8 Å². The van der Waals surface area contributed by atoms with Gasteiger partial charge in [-0.15, -0.1) is 0 Å². The predicted molar refractivity (Wildman–Crippen MR) is 55.5 cm³/mol. The summed E-state index contributed by atoms with van der Waals surface area (Å²) in [5, 5.41) is 0. The minimum atomic E-state index is 0.756. The van der Waals surface area contributed by atoms with E-state index in [1.54, 1.807) is 11.1 Å². The number of benzene rings is 1. The first kappa shape index (κ1) is 8.31. The van der Waals surface area contributed by atoms with Crippen LogP contribution in [0.5, 0.6) is 0 Å². The summed E-state index contributed by atoms with van der Waals surface area (Å²) >= 11 is 3.52. The maximum absolute atomic E-state index is 3.52. The number of hydrogen-bond acceptors (Lipinski definition) is 0. The van der Waals surface area contributed by atoms with E-state index in [2.05, 4.69) is 41.1 Å². The van der Waals surface area contributed by atoms with Crippen LogP contribution >= 0.6 is 15.9 Å². The Kier molecular flexibility index (Phi) is 2.22. The zero-order valence-corrected chi connectivity index (χ0v) is 8.89. The molecule has 1 heteroatoms. The van der Waals surface area contributed by atoms with E-state index in [0.29, 0.717) is 0 Å². The van der Waals surface area contributed by atoms with E-state index in [0.717, 1.165) is 5.92 Å². The van der Waals surface area contributed by atoms with Crippen molar-refractivity contribution in [2.45, 2.75) is 32.1 Å². The van der Waals surface area contributed by atoms with E-state index in [9.17, 15) is 0 Å². The Hall–Kier alpha value is -0.300. The van der Waals surface area contributed by atoms with Gasteiger partial charge in [-0.05, 0) is 48.4 Å². The predicted octanol–water partition coefficient (Wildman–Crippen LogP) is 3.89. The van der Waals surface area contributed by atoms with Crippen molar-refractivity contribution in [3.8, 4) is 0 Å². The molecule has 0 saturated carbocycles. The molecule has 64 valence electrons. The van der Waals surface area contributed by atoms with E-state index in [1.165, 1.54) is 23.7 Å². The lowest BCUT2D eigenvalue weighted by molar-refractivity contribution is 0.590. The number of fused-ring (bicyclic) bond motifs is 1. The Morgan fingerprint density at radius 1 is 1.42 bits per heavy atom. The Labute approximate surface area is 82.1 Å². The standard InChI is InChI=1S/C11H13Br/c1-8-3-2-4-9-5-6-10(12)7-11(8)9/h5-8H,2-4H2,1H3/t8-/m1/s1. The molecule has 2 rings (SSSR count). The molecule has 1 aromatic rings. The number of aryl methyl sites for hydroxylation is 1. The van der Waals surface area contributed by atoms with Crippen molar-refractivity contribution >= 4 is 15.9 Å². The van der Waals surface area contributed by atoms with E-state index in [4.69, 9.17) is 0 Å². The minimum absolute atomic E-state index is 0.756. The molecule has 0 nitrogen and oxygen atoms in total. The first-order valence-corrected chi connectivity index (χ1v) is 5.35. The lowest BCUT2D eigenvalue weighted by Crippen LogP contribution is -2.06. The summed E-state index contributed by atoms with van der Waals surface area (Å²) in [5.41, 5.74) is 3.10. The monoisotopic (exact) mass is 224 g/mol. The quantitative estimate of drug-likeness (QED) is 0.628. The first-order chi connectivity index (χ1) is 5.77. The number of rotatable bonds is 0. The highest BCUT2D eigenvalue weighted by atomic mass is 79.9. The summed E-state index contributed by atoms with van der Waals surface area (Å²) in [6.07, 6.45) is 3.98. The van der Waals surface area contributed by atoms with Crippen molar-refractivity contribution in [1.29, 1.82) is 0 Å². The van der Waals surface area contributed by atoms with Gasteiger partial charge in [0, 0.05) is 4.47 Å². The Bertz CT molecular complexity index is 291. The highest BCUT2D eigenvalue weighted by molar-refractivity contribution is 9.10. The molecule has 0 spiro atoms. The summed E-state index contributed by atoms with van der Waals surface area (Å²) < 4.78 is 1.22. The Morgan fingerprint density at radius 3 is 3.08 bits per heavy atom. The molecule has 0 fully saturated rings. The summed E-state index contributed by atoms with van der Waals surface area (Å²) in [6.45, 7) is 2.32. The first-order valence-electron chi connectivity index (χ1n) is 4.55. The van der Waals surface area contributed by atoms with E-state index in [-0.39, 0.29) is 0 Å². The normalized spacial score (nSPS) is 22.0. The lowest BCUT2D eigenvalue weighted by Gasteiger charge is -2.22. The van der Waals surface area contributed by atoms with Crippen LogP contribution in [0.15, 0.2) is 22.7 Å². The van der Waals surface area contributed by atoms with Crippen LogP contribution in [-0.4, -0.2) is 0 Å². The van der Waals surface area contributed by atoms with Gasteiger partial charge in [0.15, 0.2) is 0 Å². The molecule has 0 unspecified atom stereocenters. The van der Waals surface area contributed by atoms with Crippen LogP contribution in [0.25, 0.3) is 0 Å². The zero-order chi connectivity index (χ0) is 8.55. The third kappa shape index (κ3) is 1.42. The number of hydrogen-bond donors (Lipinski definition) is 0. The zero-order valence-electron chi connectivity index (χ0n) is 7.31. The van der Waals surface area contributed by atoms with Gasteiger partial charge in [-0.3, -0.25) is 0 Å². The van der Waals surface area contributed by atoms with Gasteiger partial charge in [-0.25, -0.2) is 0 Å². The van der Waals surface area contributed by atoms with Gasteiger partial charge >= 0.3 is 0 Å². The van der Waals surface area contributed by atoms with Crippen LogP contribution in [0.3, 0.4) is 0 Å². The second-order valence-electron chi connectivity index (χ2n) is 3.64. The molecule has 1 aliphatic rings. The van der Waals surface area contributed by atoms with E-state index in [1.807, 2.05) is 0 Å². The van der Waals surface area contributed by atoms with Gasteiger partial charge in [-0.1, -0.05) is 28.9 Å². The summed E-state index contributed by atoms with van der Waals surface area (Å²) in [5.74, 6) is 0.756. The molecule has 0 aromatic heterocycles. The molecule has 12 heavy (non-hydrogen) atoms. The third-order valence-electron chi connectivity index (χ3n) is 2.72. The maximum Gasteiger partial charge on any atom is 0.0178 e. The average Bonchev–Trinajstić information content (AvgIpc) is 2.07. The summed E-state index contributed by atoms with van der Waals surface area (Å²) in [7, 11) is 0. The Balaban J connectivity index is 2.47.